The van der Waals surface area contributed by atoms with E-state index in [0.717, 1.165) is 6.54 Å². The molecule has 1 heterocycles. The molecule has 1 unspecified atom stereocenters. The number of nitrogens with one attached hydrogen (secondary N) is 1. The van der Waals surface area contributed by atoms with Crippen LogP contribution in [0.3, 0.4) is 0 Å². The molecule has 1 aliphatic rings. The van der Waals surface area contributed by atoms with E-state index in [1.807, 2.05) is 20.8 Å². The second-order valence-corrected chi connectivity index (χ2v) is 6.35. The quantitative estimate of drug-likeness (QED) is 0.840. The summed E-state index contributed by atoms with van der Waals surface area (Å²) in [5, 5.41) is 2.84. The molecule has 106 valence electrons. The van der Waals surface area contributed by atoms with Crippen molar-refractivity contribution in [1.82, 2.24) is 10.2 Å². The molecule has 4 heteroatoms. The van der Waals surface area contributed by atoms with Crippen molar-refractivity contribution in [3.63, 3.8) is 0 Å². The lowest BCUT2D eigenvalue weighted by atomic mass is 10.1. The Bertz CT molecular complexity index is 255. The summed E-state index contributed by atoms with van der Waals surface area (Å²) in [5.74, 6) is 0.468. The van der Waals surface area contributed by atoms with Gasteiger partial charge in [-0.3, -0.25) is 0 Å². The minimum absolute atomic E-state index is 0.312. The van der Waals surface area contributed by atoms with Crippen molar-refractivity contribution in [3.8, 4) is 0 Å². The van der Waals surface area contributed by atoms with Gasteiger partial charge >= 0.3 is 6.09 Å². The molecule has 4 nitrogen and oxygen atoms in total. The Kier molecular flexibility index (Phi) is 5.93. The molecule has 0 spiro atoms. The molecular formula is C14H28N2O2. The van der Waals surface area contributed by atoms with Crippen LogP contribution in [-0.2, 0) is 4.74 Å². The second kappa shape index (κ2) is 6.98. The zero-order chi connectivity index (χ0) is 13.6. The number of likely N-dealkylation sites (tertiary alicyclic amines) is 1. The van der Waals surface area contributed by atoms with Gasteiger partial charge in [0.05, 0.1) is 0 Å². The van der Waals surface area contributed by atoms with Gasteiger partial charge < -0.3 is 15.0 Å². The smallest absolute Gasteiger partial charge is 0.407 e. The minimum Gasteiger partial charge on any atom is -0.444 e. The Morgan fingerprint density at radius 3 is 2.44 bits per heavy atom. The van der Waals surface area contributed by atoms with Gasteiger partial charge in [0.1, 0.15) is 5.60 Å². The fourth-order valence-electron chi connectivity index (χ4n) is 2.22. The molecule has 0 aromatic rings. The maximum atomic E-state index is 11.5. The largest absolute Gasteiger partial charge is 0.444 e. The first-order valence-electron chi connectivity index (χ1n) is 7.06. The standard InChI is InChI=1S/C14H28N2O2/c1-12(11-16-8-6-5-7-9-16)10-15-13(17)18-14(2,3)4/h12H,5-11H2,1-4H3,(H,15,17). The van der Waals surface area contributed by atoms with Gasteiger partial charge in [0, 0.05) is 13.1 Å². The summed E-state index contributed by atoms with van der Waals surface area (Å²) in [6, 6.07) is 0. The number of rotatable bonds is 4. The van der Waals surface area contributed by atoms with E-state index < -0.39 is 5.60 Å². The van der Waals surface area contributed by atoms with Gasteiger partial charge in [0.25, 0.3) is 0 Å². The SMILES string of the molecule is CC(CNC(=O)OC(C)(C)C)CN1CCCCC1. The fraction of sp³-hybridized carbons (Fsp3) is 0.929. The predicted molar refractivity (Wildman–Crippen MR) is 73.7 cm³/mol. The van der Waals surface area contributed by atoms with E-state index >= 15 is 0 Å². The summed E-state index contributed by atoms with van der Waals surface area (Å²) in [7, 11) is 0. The van der Waals surface area contributed by atoms with Gasteiger partial charge in [-0.05, 0) is 52.6 Å². The third-order valence-electron chi connectivity index (χ3n) is 3.01. The third kappa shape index (κ3) is 6.84. The molecule has 0 aliphatic carbocycles. The summed E-state index contributed by atoms with van der Waals surface area (Å²) >= 11 is 0. The highest BCUT2D eigenvalue weighted by molar-refractivity contribution is 5.67. The van der Waals surface area contributed by atoms with Crippen LogP contribution in [0, 0.1) is 5.92 Å². The van der Waals surface area contributed by atoms with E-state index in [-0.39, 0.29) is 6.09 Å². The Balaban J connectivity index is 2.16. The maximum Gasteiger partial charge on any atom is 0.407 e. The number of ether oxygens (including phenoxy) is 1. The van der Waals surface area contributed by atoms with E-state index in [1.54, 1.807) is 0 Å². The Morgan fingerprint density at radius 2 is 1.89 bits per heavy atom. The molecule has 1 atom stereocenters. The normalized spacial score (nSPS) is 19.3. The van der Waals surface area contributed by atoms with E-state index in [4.69, 9.17) is 4.74 Å². The summed E-state index contributed by atoms with van der Waals surface area (Å²) in [6.07, 6.45) is 3.67. The van der Waals surface area contributed by atoms with E-state index in [1.165, 1.54) is 32.4 Å². The zero-order valence-electron chi connectivity index (χ0n) is 12.3. The van der Waals surface area contributed by atoms with Gasteiger partial charge in [-0.1, -0.05) is 13.3 Å². The monoisotopic (exact) mass is 256 g/mol. The molecule has 1 saturated heterocycles. The highest BCUT2D eigenvalue weighted by atomic mass is 16.6. The van der Waals surface area contributed by atoms with Crippen LogP contribution < -0.4 is 5.32 Å². The summed E-state index contributed by atoms with van der Waals surface area (Å²) in [4.78, 5) is 14.0. The van der Waals surface area contributed by atoms with Crippen LogP contribution in [0.2, 0.25) is 0 Å². The van der Waals surface area contributed by atoms with Crippen molar-refractivity contribution >= 4 is 6.09 Å². The van der Waals surface area contributed by atoms with Gasteiger partial charge in [0.15, 0.2) is 0 Å². The molecule has 1 amide bonds. The lowest BCUT2D eigenvalue weighted by Crippen LogP contribution is -2.39. The number of piperidine rings is 1. The van der Waals surface area contributed by atoms with E-state index in [2.05, 4.69) is 17.1 Å². The summed E-state index contributed by atoms with van der Waals surface area (Å²) in [6.45, 7) is 12.0. The van der Waals surface area contributed by atoms with Crippen molar-refractivity contribution in [2.45, 2.75) is 52.6 Å². The van der Waals surface area contributed by atoms with Crippen molar-refractivity contribution in [2.75, 3.05) is 26.2 Å². The minimum atomic E-state index is -0.416. The molecule has 0 aromatic carbocycles. The van der Waals surface area contributed by atoms with Crippen LogP contribution in [0.5, 0.6) is 0 Å². The molecule has 1 fully saturated rings. The third-order valence-corrected chi connectivity index (χ3v) is 3.01. The number of nitrogens with zero attached hydrogens (tertiary/aromatic N) is 1. The zero-order valence-corrected chi connectivity index (χ0v) is 12.3. The topological polar surface area (TPSA) is 41.6 Å². The number of amides is 1. The highest BCUT2D eigenvalue weighted by Gasteiger charge is 2.17. The number of hydrogen-bond donors (Lipinski definition) is 1. The molecule has 1 rings (SSSR count). The Hall–Kier alpha value is -0.770. The maximum absolute atomic E-state index is 11.5. The molecular weight excluding hydrogens is 228 g/mol. The first kappa shape index (κ1) is 15.3. The molecule has 0 bridgehead atoms. The van der Waals surface area contributed by atoms with Crippen LogP contribution in [0.4, 0.5) is 4.79 Å². The number of carbonyl (C=O) groups is 1. The molecule has 0 aromatic heterocycles. The Labute approximate surface area is 111 Å². The average Bonchev–Trinajstić information content (AvgIpc) is 2.25. The van der Waals surface area contributed by atoms with Crippen LogP contribution in [0.15, 0.2) is 0 Å². The Morgan fingerprint density at radius 1 is 1.28 bits per heavy atom. The van der Waals surface area contributed by atoms with Crippen LogP contribution in [-0.4, -0.2) is 42.8 Å². The molecule has 0 radical (unpaired) electrons. The van der Waals surface area contributed by atoms with Crippen LogP contribution >= 0.6 is 0 Å². The lowest BCUT2D eigenvalue weighted by molar-refractivity contribution is 0.0515. The average molecular weight is 256 g/mol. The van der Waals surface area contributed by atoms with Crippen molar-refractivity contribution < 1.29 is 9.53 Å². The van der Waals surface area contributed by atoms with Crippen LogP contribution in [0.1, 0.15) is 47.0 Å². The van der Waals surface area contributed by atoms with Crippen molar-refractivity contribution in [2.24, 2.45) is 5.92 Å². The van der Waals surface area contributed by atoms with Gasteiger partial charge in [-0.2, -0.15) is 0 Å². The first-order chi connectivity index (χ1) is 8.37. The molecule has 1 N–H and O–H groups in total. The predicted octanol–water partition coefficient (Wildman–Crippen LogP) is 2.63. The lowest BCUT2D eigenvalue weighted by Gasteiger charge is -2.29. The highest BCUT2D eigenvalue weighted by Crippen LogP contribution is 2.11. The number of hydrogen-bond acceptors (Lipinski definition) is 3. The van der Waals surface area contributed by atoms with Gasteiger partial charge in [-0.25, -0.2) is 4.79 Å². The molecule has 18 heavy (non-hydrogen) atoms. The fourth-order valence-corrected chi connectivity index (χ4v) is 2.22. The molecule has 1 aliphatic heterocycles. The van der Waals surface area contributed by atoms with Crippen LogP contribution in [0.25, 0.3) is 0 Å². The van der Waals surface area contributed by atoms with Crippen molar-refractivity contribution in [3.05, 3.63) is 0 Å². The first-order valence-corrected chi connectivity index (χ1v) is 7.06. The number of alkyl carbamates (subject to hydrolysis) is 1. The second-order valence-electron chi connectivity index (χ2n) is 6.35. The van der Waals surface area contributed by atoms with E-state index in [0.29, 0.717) is 12.5 Å². The van der Waals surface area contributed by atoms with Crippen molar-refractivity contribution in [1.29, 1.82) is 0 Å². The van der Waals surface area contributed by atoms with Gasteiger partial charge in [0.2, 0.25) is 0 Å². The van der Waals surface area contributed by atoms with Gasteiger partial charge in [-0.15, -0.1) is 0 Å². The van der Waals surface area contributed by atoms with E-state index in [9.17, 15) is 4.79 Å². The summed E-state index contributed by atoms with van der Waals surface area (Å²) in [5.41, 5.74) is -0.416. The summed E-state index contributed by atoms with van der Waals surface area (Å²) < 4.78 is 5.21. The number of carbonyl (C=O) groups excluding carboxylic acids is 1. The molecule has 0 saturated carbocycles.